The van der Waals surface area contributed by atoms with Crippen LogP contribution in [0.15, 0.2) is 12.2 Å². The summed E-state index contributed by atoms with van der Waals surface area (Å²) in [4.78, 5) is 34.2. The van der Waals surface area contributed by atoms with Crippen LogP contribution in [-0.2, 0) is 14.4 Å². The van der Waals surface area contributed by atoms with Crippen molar-refractivity contribution in [2.45, 2.75) is 52.9 Å². The summed E-state index contributed by atoms with van der Waals surface area (Å²) in [7, 11) is 0. The molecule has 8 nitrogen and oxygen atoms in total. The van der Waals surface area contributed by atoms with Crippen molar-refractivity contribution in [3.05, 3.63) is 12.2 Å². The molecule has 0 aliphatic carbocycles. The van der Waals surface area contributed by atoms with Crippen LogP contribution in [0.4, 0.5) is 0 Å². The Morgan fingerprint density at radius 3 is 2.13 bits per heavy atom. The number of carboxylic acid groups (broad SMARTS) is 2. The van der Waals surface area contributed by atoms with Gasteiger partial charge in [0.25, 0.3) is 0 Å². The zero-order chi connectivity index (χ0) is 22.3. The molecule has 0 aliphatic rings. The molecule has 0 spiro atoms. The molecule has 0 heterocycles. The molecule has 30 heavy (non-hydrogen) atoms. The molecule has 0 aromatic heterocycles. The first kappa shape index (κ1) is 31.3. The van der Waals surface area contributed by atoms with Crippen LogP contribution in [0.2, 0.25) is 0 Å². The van der Waals surface area contributed by atoms with Gasteiger partial charge < -0.3 is 29.9 Å². The van der Waals surface area contributed by atoms with Gasteiger partial charge in [0.15, 0.2) is 0 Å². The third-order valence-corrected chi connectivity index (χ3v) is 5.32. The Labute approximate surface area is 202 Å². The summed E-state index contributed by atoms with van der Waals surface area (Å²) in [6.07, 6.45) is 6.76. The van der Waals surface area contributed by atoms with Crippen LogP contribution >= 0.6 is 0 Å². The predicted octanol–water partition coefficient (Wildman–Crippen LogP) is -2.45. The van der Waals surface area contributed by atoms with Crippen LogP contribution in [0.5, 0.6) is 0 Å². The van der Waals surface area contributed by atoms with Gasteiger partial charge in [0, 0.05) is 31.1 Å². The minimum absolute atomic E-state index is 0. The molecule has 168 valence electrons. The van der Waals surface area contributed by atoms with Gasteiger partial charge in [-0.3, -0.25) is 9.59 Å². The average Bonchev–Trinajstić information content (AvgIpc) is 2.67. The zero-order valence-electron chi connectivity index (χ0n) is 19.1. The maximum absolute atomic E-state index is 12.0. The summed E-state index contributed by atoms with van der Waals surface area (Å²) < 4.78 is 0.363. The molecule has 0 radical (unpaired) electrons. The molecule has 3 N–H and O–H groups in total. The van der Waals surface area contributed by atoms with E-state index in [0.717, 1.165) is 6.42 Å². The van der Waals surface area contributed by atoms with E-state index < -0.39 is 23.8 Å². The number of quaternary nitrogens is 1. The smallest absolute Gasteiger partial charge is 0.550 e. The second-order valence-corrected chi connectivity index (χ2v) is 7.76. The van der Waals surface area contributed by atoms with Crippen LogP contribution in [0.3, 0.4) is 0 Å². The van der Waals surface area contributed by atoms with E-state index in [4.69, 9.17) is 5.11 Å². The van der Waals surface area contributed by atoms with Gasteiger partial charge in [0.1, 0.15) is 6.54 Å². The van der Waals surface area contributed by atoms with Crippen LogP contribution in [0.1, 0.15) is 52.9 Å². The van der Waals surface area contributed by atoms with Crippen molar-refractivity contribution >= 4 is 17.8 Å². The first-order chi connectivity index (χ1) is 13.7. The van der Waals surface area contributed by atoms with Gasteiger partial charge in [-0.15, -0.1) is 0 Å². The average molecular weight is 438 g/mol. The van der Waals surface area contributed by atoms with Crippen molar-refractivity contribution in [2.75, 3.05) is 39.3 Å². The molecule has 0 rings (SSSR count). The van der Waals surface area contributed by atoms with Crippen LogP contribution in [-0.4, -0.2) is 71.9 Å². The molecule has 0 saturated heterocycles. The molecule has 9 heteroatoms. The summed E-state index contributed by atoms with van der Waals surface area (Å²) in [6.45, 7) is 7.36. The number of hydrogen-bond acceptors (Lipinski definition) is 5. The van der Waals surface area contributed by atoms with Crippen LogP contribution < -0.4 is 40.0 Å². The number of nitrogens with zero attached hydrogens (tertiary/aromatic N) is 1. The molecule has 0 aromatic rings. The van der Waals surface area contributed by atoms with Gasteiger partial charge in [-0.2, -0.15) is 0 Å². The minimum Gasteiger partial charge on any atom is -0.550 e. The first-order valence-electron chi connectivity index (χ1n) is 10.5. The number of allylic oxidation sites excluding steroid dienone is 2. The quantitative estimate of drug-likeness (QED) is 0.132. The Morgan fingerprint density at radius 1 is 1.03 bits per heavy atom. The number of carbonyl (C=O) groups excluding carboxylic acids is 2. The Hall–Kier alpha value is -0.930. The Kier molecular flexibility index (Phi) is 18.5. The van der Waals surface area contributed by atoms with E-state index in [0.29, 0.717) is 62.9 Å². The molecule has 0 saturated carbocycles. The Balaban J connectivity index is 0. The van der Waals surface area contributed by atoms with E-state index in [1.165, 1.54) is 0 Å². The molecule has 0 bridgehead atoms. The number of aliphatic hydroxyl groups is 1. The van der Waals surface area contributed by atoms with Gasteiger partial charge >= 0.3 is 35.5 Å². The van der Waals surface area contributed by atoms with E-state index in [9.17, 15) is 24.6 Å². The van der Waals surface area contributed by atoms with Crippen molar-refractivity contribution in [3.8, 4) is 0 Å². The number of carbonyl (C=O) groups is 3. The molecule has 0 aromatic carbocycles. The molecular formula is C21H38N2NaO6+. The molecular weight excluding hydrogens is 399 g/mol. The summed E-state index contributed by atoms with van der Waals surface area (Å²) in [5.41, 5.74) is 0. The number of aliphatic carboxylic acids is 2. The van der Waals surface area contributed by atoms with Crippen molar-refractivity contribution in [2.24, 2.45) is 11.8 Å². The van der Waals surface area contributed by atoms with E-state index in [1.54, 1.807) is 13.8 Å². The molecule has 0 aliphatic heterocycles. The Morgan fingerprint density at radius 2 is 1.63 bits per heavy atom. The van der Waals surface area contributed by atoms with Crippen LogP contribution in [0.25, 0.3) is 0 Å². The number of amides is 1. The number of aliphatic hydroxyl groups excluding tert-OH is 1. The van der Waals surface area contributed by atoms with Crippen molar-refractivity contribution in [1.29, 1.82) is 0 Å². The monoisotopic (exact) mass is 437 g/mol. The molecule has 3 atom stereocenters. The Bertz CT molecular complexity index is 518. The van der Waals surface area contributed by atoms with Crippen molar-refractivity contribution < 1.29 is 63.7 Å². The molecule has 0 fully saturated rings. The normalized spacial score (nSPS) is 15.1. The second kappa shape index (κ2) is 17.7. The van der Waals surface area contributed by atoms with Gasteiger partial charge in [-0.25, -0.2) is 0 Å². The third kappa shape index (κ3) is 14.1. The van der Waals surface area contributed by atoms with Gasteiger partial charge in [-0.05, 0) is 12.8 Å². The first-order valence-corrected chi connectivity index (χ1v) is 10.5. The van der Waals surface area contributed by atoms with Gasteiger partial charge in [-0.1, -0.05) is 32.9 Å². The SMILES string of the molecule is CC/C=C/CCC(=O)NCC[N+](CCO)(CCC(C)C(=O)[O-])CCC(C)C(=O)O.[Na+]. The number of carboxylic acids is 2. The van der Waals surface area contributed by atoms with Gasteiger partial charge in [0.05, 0.1) is 38.7 Å². The van der Waals surface area contributed by atoms with Gasteiger partial charge in [0.2, 0.25) is 5.91 Å². The molecule has 3 unspecified atom stereocenters. The summed E-state index contributed by atoms with van der Waals surface area (Å²) in [5.74, 6) is -3.24. The fourth-order valence-electron chi connectivity index (χ4n) is 3.08. The third-order valence-electron chi connectivity index (χ3n) is 5.32. The second-order valence-electron chi connectivity index (χ2n) is 7.76. The molecule has 1 amide bonds. The predicted molar refractivity (Wildman–Crippen MR) is 109 cm³/mol. The van der Waals surface area contributed by atoms with Crippen molar-refractivity contribution in [3.63, 3.8) is 0 Å². The summed E-state index contributed by atoms with van der Waals surface area (Å²) in [6, 6.07) is 0. The number of rotatable bonds is 17. The number of hydrogen-bond donors (Lipinski definition) is 3. The minimum atomic E-state index is -1.13. The maximum Gasteiger partial charge on any atom is 1.00 e. The zero-order valence-corrected chi connectivity index (χ0v) is 21.1. The van der Waals surface area contributed by atoms with E-state index in [2.05, 4.69) is 5.32 Å². The maximum atomic E-state index is 12.0. The fourth-order valence-corrected chi connectivity index (χ4v) is 3.08. The van der Waals surface area contributed by atoms with E-state index in [1.807, 2.05) is 19.1 Å². The summed E-state index contributed by atoms with van der Waals surface area (Å²) >= 11 is 0. The van der Waals surface area contributed by atoms with Crippen LogP contribution in [0, 0.1) is 11.8 Å². The fraction of sp³-hybridized carbons (Fsp3) is 0.762. The number of nitrogens with one attached hydrogen (secondary N) is 1. The summed E-state index contributed by atoms with van der Waals surface area (Å²) in [5, 5.41) is 32.7. The largest absolute Gasteiger partial charge is 1.00 e. The van der Waals surface area contributed by atoms with E-state index >= 15 is 0 Å². The van der Waals surface area contributed by atoms with E-state index in [-0.39, 0.29) is 42.1 Å². The topological polar surface area (TPSA) is 127 Å². The van der Waals surface area contributed by atoms with Crippen molar-refractivity contribution in [1.82, 2.24) is 5.32 Å². The standard InChI is InChI=1S/C21H38N2O6.Na/c1-4-5-6-7-8-19(25)22-11-14-23(15-16-24,12-9-17(2)20(26)27)13-10-18(3)21(28)29;/h5-6,17-18,24H,4,7-16H2,1-3H3,(H2-,22,25,26,27,28,29);/q;+1/b6-5+;.